The molecule has 0 aliphatic rings. The summed E-state index contributed by atoms with van der Waals surface area (Å²) in [6.45, 7) is 2.16. The predicted molar refractivity (Wildman–Crippen MR) is 74.8 cm³/mol. The van der Waals surface area contributed by atoms with Gasteiger partial charge in [0.05, 0.1) is 11.4 Å². The van der Waals surface area contributed by atoms with Crippen LogP contribution in [0.3, 0.4) is 0 Å². The summed E-state index contributed by atoms with van der Waals surface area (Å²) in [5.41, 5.74) is 3.10. The molecule has 82 valence electrons. The van der Waals surface area contributed by atoms with E-state index >= 15 is 0 Å². The van der Waals surface area contributed by atoms with Crippen molar-refractivity contribution in [1.82, 2.24) is 9.97 Å². The number of rotatable bonds is 3. The van der Waals surface area contributed by atoms with Crippen molar-refractivity contribution in [2.24, 2.45) is 0 Å². The zero-order valence-corrected chi connectivity index (χ0v) is 11.3. The van der Waals surface area contributed by atoms with Crippen molar-refractivity contribution in [1.29, 1.82) is 0 Å². The van der Waals surface area contributed by atoms with Gasteiger partial charge in [0.2, 0.25) is 0 Å². The van der Waals surface area contributed by atoms with E-state index in [1.165, 1.54) is 10.9 Å². The summed E-state index contributed by atoms with van der Waals surface area (Å²) in [5.74, 6) is 0. The standard InChI is InChI=1S/C12H14N2P2/c1-16-10-3-5-12(14-7-10)11-4-2-9(8-15)6-13-11/h2-7,16H,8,15H2,1H3. The van der Waals surface area contributed by atoms with Crippen LogP contribution in [0.4, 0.5) is 0 Å². The first-order valence-electron chi connectivity index (χ1n) is 5.12. The largest absolute Gasteiger partial charge is 0.254 e. The van der Waals surface area contributed by atoms with Crippen molar-refractivity contribution in [3.63, 3.8) is 0 Å². The number of nitrogens with zero attached hydrogens (tertiary/aromatic N) is 2. The molecule has 2 aromatic heterocycles. The van der Waals surface area contributed by atoms with Crippen LogP contribution in [0.5, 0.6) is 0 Å². The first-order chi connectivity index (χ1) is 7.83. The second kappa shape index (κ2) is 5.48. The summed E-state index contributed by atoms with van der Waals surface area (Å²) in [6, 6.07) is 8.27. The van der Waals surface area contributed by atoms with E-state index in [4.69, 9.17) is 0 Å². The Hall–Kier alpha value is -0.840. The molecule has 2 nitrogen and oxygen atoms in total. The Bertz CT molecular complexity index is 406. The molecule has 16 heavy (non-hydrogen) atoms. The van der Waals surface area contributed by atoms with Crippen molar-refractivity contribution in [2.45, 2.75) is 6.16 Å². The topological polar surface area (TPSA) is 25.8 Å². The van der Waals surface area contributed by atoms with Crippen LogP contribution in [0.2, 0.25) is 0 Å². The molecule has 0 aliphatic carbocycles. The maximum absolute atomic E-state index is 4.41. The van der Waals surface area contributed by atoms with Crippen LogP contribution < -0.4 is 5.30 Å². The Morgan fingerprint density at radius 3 is 2.19 bits per heavy atom. The molecular formula is C12H14N2P2. The SMILES string of the molecule is CPc1ccc(-c2ccc(CP)cn2)nc1. The van der Waals surface area contributed by atoms with Crippen molar-refractivity contribution >= 4 is 23.1 Å². The van der Waals surface area contributed by atoms with E-state index in [9.17, 15) is 0 Å². The van der Waals surface area contributed by atoms with Crippen molar-refractivity contribution in [3.8, 4) is 11.4 Å². The lowest BCUT2D eigenvalue weighted by Crippen LogP contribution is -1.96. The number of aromatic nitrogens is 2. The van der Waals surface area contributed by atoms with E-state index in [0.29, 0.717) is 0 Å². The van der Waals surface area contributed by atoms with Gasteiger partial charge in [-0.25, -0.2) is 0 Å². The van der Waals surface area contributed by atoms with Crippen LogP contribution in [0.25, 0.3) is 11.4 Å². The highest BCUT2D eigenvalue weighted by Crippen LogP contribution is 2.15. The molecule has 4 heteroatoms. The molecule has 0 saturated carbocycles. The Kier molecular flexibility index (Phi) is 3.98. The molecule has 0 aliphatic heterocycles. The molecule has 2 unspecified atom stereocenters. The second-order valence-corrected chi connectivity index (χ2v) is 4.92. The van der Waals surface area contributed by atoms with Crippen molar-refractivity contribution in [2.75, 3.05) is 6.66 Å². The van der Waals surface area contributed by atoms with Gasteiger partial charge in [0.1, 0.15) is 0 Å². The van der Waals surface area contributed by atoms with Gasteiger partial charge < -0.3 is 0 Å². The molecule has 0 saturated heterocycles. The Morgan fingerprint density at radius 1 is 1.06 bits per heavy atom. The third kappa shape index (κ3) is 2.64. The van der Waals surface area contributed by atoms with Gasteiger partial charge in [-0.2, -0.15) is 0 Å². The van der Waals surface area contributed by atoms with E-state index in [0.717, 1.165) is 26.1 Å². The number of pyridine rings is 2. The van der Waals surface area contributed by atoms with Gasteiger partial charge in [0, 0.05) is 12.4 Å². The molecule has 2 atom stereocenters. The molecule has 0 radical (unpaired) electrons. The van der Waals surface area contributed by atoms with Gasteiger partial charge in [-0.3, -0.25) is 9.97 Å². The minimum atomic E-state index is 0.796. The van der Waals surface area contributed by atoms with Crippen LogP contribution in [0, 0.1) is 0 Å². The van der Waals surface area contributed by atoms with Gasteiger partial charge in [-0.05, 0) is 35.8 Å². The lowest BCUT2D eigenvalue weighted by molar-refractivity contribution is 1.22. The second-order valence-electron chi connectivity index (χ2n) is 3.44. The molecule has 2 aromatic rings. The fourth-order valence-corrected chi connectivity index (χ4v) is 2.08. The smallest absolute Gasteiger partial charge is 0.0886 e. The van der Waals surface area contributed by atoms with E-state index in [1.807, 2.05) is 24.5 Å². The lowest BCUT2D eigenvalue weighted by atomic mass is 10.2. The number of hydrogen-bond donors (Lipinski definition) is 0. The van der Waals surface area contributed by atoms with Crippen LogP contribution in [-0.2, 0) is 6.16 Å². The van der Waals surface area contributed by atoms with Gasteiger partial charge in [0.15, 0.2) is 0 Å². The molecule has 0 aromatic carbocycles. The number of hydrogen-bond acceptors (Lipinski definition) is 2. The zero-order valence-electron chi connectivity index (χ0n) is 9.14. The summed E-state index contributed by atoms with van der Waals surface area (Å²) >= 11 is 0. The summed E-state index contributed by atoms with van der Waals surface area (Å²) in [7, 11) is 3.49. The summed E-state index contributed by atoms with van der Waals surface area (Å²) in [5, 5.41) is 1.28. The van der Waals surface area contributed by atoms with Crippen LogP contribution in [-0.4, -0.2) is 16.6 Å². The summed E-state index contributed by atoms with van der Waals surface area (Å²) in [4.78, 5) is 8.82. The van der Waals surface area contributed by atoms with E-state index in [2.05, 4.69) is 38.0 Å². The Morgan fingerprint density at radius 2 is 1.75 bits per heavy atom. The average Bonchev–Trinajstić information content (AvgIpc) is 2.39. The Balaban J connectivity index is 2.28. The highest BCUT2D eigenvalue weighted by Gasteiger charge is 2.00. The molecule has 0 amide bonds. The fourth-order valence-electron chi connectivity index (χ4n) is 1.39. The third-order valence-corrected chi connectivity index (χ3v) is 3.72. The highest BCUT2D eigenvalue weighted by atomic mass is 31.1. The van der Waals surface area contributed by atoms with Gasteiger partial charge in [0.25, 0.3) is 0 Å². The molecule has 0 spiro atoms. The maximum atomic E-state index is 4.41. The first-order valence-corrected chi connectivity index (χ1v) is 7.44. The summed E-state index contributed by atoms with van der Waals surface area (Å²) in [6.07, 6.45) is 4.77. The molecule has 0 fully saturated rings. The Labute approximate surface area is 99.9 Å². The highest BCUT2D eigenvalue weighted by molar-refractivity contribution is 7.46. The van der Waals surface area contributed by atoms with Crippen molar-refractivity contribution < 1.29 is 0 Å². The maximum Gasteiger partial charge on any atom is 0.0886 e. The zero-order chi connectivity index (χ0) is 11.4. The van der Waals surface area contributed by atoms with Crippen molar-refractivity contribution in [3.05, 3.63) is 42.2 Å². The predicted octanol–water partition coefficient (Wildman–Crippen LogP) is 2.45. The molecule has 0 bridgehead atoms. The normalized spacial score (nSPS) is 11.1. The minimum Gasteiger partial charge on any atom is -0.254 e. The molecule has 2 rings (SSSR count). The monoisotopic (exact) mass is 248 g/mol. The molecule has 2 heterocycles. The van der Waals surface area contributed by atoms with E-state index in [1.54, 1.807) is 0 Å². The average molecular weight is 248 g/mol. The van der Waals surface area contributed by atoms with Gasteiger partial charge >= 0.3 is 0 Å². The molecule has 0 N–H and O–H groups in total. The van der Waals surface area contributed by atoms with Crippen LogP contribution >= 0.6 is 17.8 Å². The van der Waals surface area contributed by atoms with E-state index in [-0.39, 0.29) is 0 Å². The fraction of sp³-hybridized carbons (Fsp3) is 0.167. The third-order valence-electron chi connectivity index (χ3n) is 2.38. The van der Waals surface area contributed by atoms with Gasteiger partial charge in [-0.15, -0.1) is 9.24 Å². The van der Waals surface area contributed by atoms with Crippen LogP contribution in [0.15, 0.2) is 36.7 Å². The van der Waals surface area contributed by atoms with E-state index < -0.39 is 0 Å². The quantitative estimate of drug-likeness (QED) is 0.780. The summed E-state index contributed by atoms with van der Waals surface area (Å²) < 4.78 is 0. The minimum absolute atomic E-state index is 0.796. The van der Waals surface area contributed by atoms with Gasteiger partial charge in [-0.1, -0.05) is 20.7 Å². The first kappa shape index (κ1) is 11.6. The molecular weight excluding hydrogens is 234 g/mol. The lowest BCUT2D eigenvalue weighted by Gasteiger charge is -2.02. The van der Waals surface area contributed by atoms with Crippen LogP contribution in [0.1, 0.15) is 5.56 Å².